The Balaban J connectivity index is 1.76. The number of amides is 3. The minimum absolute atomic E-state index is 0.0475. The van der Waals surface area contributed by atoms with E-state index in [1.54, 1.807) is 23.7 Å². The van der Waals surface area contributed by atoms with Crippen LogP contribution >= 0.6 is 11.8 Å². The summed E-state index contributed by atoms with van der Waals surface area (Å²) in [5, 5.41) is 16.1. The number of hydrogen-bond donors (Lipinski definition) is 3. The molecule has 2 bridgehead atoms. The maximum atomic E-state index is 13.9. The third-order valence-corrected chi connectivity index (χ3v) is 9.01. The van der Waals surface area contributed by atoms with Crippen molar-refractivity contribution in [2.75, 3.05) is 20.2 Å². The van der Waals surface area contributed by atoms with Gasteiger partial charge < -0.3 is 20.6 Å². The summed E-state index contributed by atoms with van der Waals surface area (Å²) < 4.78 is -0.628. The summed E-state index contributed by atoms with van der Waals surface area (Å²) in [6.07, 6.45) is 3.36. The fourth-order valence-electron chi connectivity index (χ4n) is 5.71. The molecule has 0 aliphatic carbocycles. The van der Waals surface area contributed by atoms with E-state index in [4.69, 9.17) is 0 Å². The lowest BCUT2D eigenvalue weighted by atomic mass is 9.71. The van der Waals surface area contributed by atoms with Crippen LogP contribution < -0.4 is 10.6 Å². The van der Waals surface area contributed by atoms with Gasteiger partial charge in [0, 0.05) is 18.8 Å². The van der Waals surface area contributed by atoms with Crippen molar-refractivity contribution in [2.24, 2.45) is 11.8 Å². The second kappa shape index (κ2) is 8.82. The molecule has 3 N–H and O–H groups in total. The third kappa shape index (κ3) is 3.44. The molecular formula is C23H31N3O4S. The number of nitrogens with zero attached hydrogens (tertiary/aromatic N) is 1. The van der Waals surface area contributed by atoms with Crippen LogP contribution in [0, 0.1) is 11.8 Å². The van der Waals surface area contributed by atoms with Crippen LogP contribution in [0.5, 0.6) is 0 Å². The van der Waals surface area contributed by atoms with Crippen molar-refractivity contribution in [3.8, 4) is 0 Å². The molecule has 7 nitrogen and oxygen atoms in total. The molecule has 3 aliphatic rings. The van der Waals surface area contributed by atoms with Crippen molar-refractivity contribution in [1.29, 1.82) is 0 Å². The van der Waals surface area contributed by atoms with E-state index in [9.17, 15) is 19.5 Å². The third-order valence-electron chi connectivity index (χ3n) is 7.06. The minimum atomic E-state index is -0.705. The Morgan fingerprint density at radius 1 is 1.29 bits per heavy atom. The summed E-state index contributed by atoms with van der Waals surface area (Å²) in [7, 11) is 1.60. The van der Waals surface area contributed by atoms with Gasteiger partial charge in [-0.2, -0.15) is 0 Å². The first-order valence-corrected chi connectivity index (χ1v) is 12.0. The maximum Gasteiger partial charge on any atom is 0.244 e. The fourth-order valence-corrected chi connectivity index (χ4v) is 7.91. The van der Waals surface area contributed by atoms with E-state index in [0.717, 1.165) is 31.2 Å². The van der Waals surface area contributed by atoms with Gasteiger partial charge >= 0.3 is 0 Å². The summed E-state index contributed by atoms with van der Waals surface area (Å²) in [6.45, 7) is 2.33. The second-order valence-electron chi connectivity index (χ2n) is 8.67. The van der Waals surface area contributed by atoms with Crippen LogP contribution in [0.4, 0.5) is 0 Å². The van der Waals surface area contributed by atoms with Gasteiger partial charge in [0.25, 0.3) is 0 Å². The number of nitrogens with one attached hydrogen (secondary N) is 2. The zero-order valence-corrected chi connectivity index (χ0v) is 18.9. The summed E-state index contributed by atoms with van der Waals surface area (Å²) in [6, 6.07) is 8.01. The molecule has 0 aromatic heterocycles. The average Bonchev–Trinajstić information content (AvgIpc) is 3.42. The lowest BCUT2D eigenvalue weighted by Gasteiger charge is -2.37. The van der Waals surface area contributed by atoms with Crippen LogP contribution in [-0.2, 0) is 14.4 Å². The highest BCUT2D eigenvalue weighted by molar-refractivity contribution is 8.02. The molecule has 3 heterocycles. The van der Waals surface area contributed by atoms with Crippen LogP contribution in [0.25, 0.3) is 0 Å². The van der Waals surface area contributed by atoms with Crippen molar-refractivity contribution in [3.63, 3.8) is 0 Å². The molecule has 1 aromatic carbocycles. The molecule has 4 rings (SSSR count). The molecule has 1 aromatic rings. The Bertz CT molecular complexity index is 850. The van der Waals surface area contributed by atoms with Gasteiger partial charge in [0.1, 0.15) is 6.04 Å². The quantitative estimate of drug-likeness (QED) is 0.527. The van der Waals surface area contributed by atoms with E-state index in [2.05, 4.69) is 17.6 Å². The number of benzene rings is 1. The van der Waals surface area contributed by atoms with E-state index in [1.807, 2.05) is 30.3 Å². The molecule has 2 unspecified atom stereocenters. The topological polar surface area (TPSA) is 98.7 Å². The molecule has 3 aliphatic heterocycles. The monoisotopic (exact) mass is 445 g/mol. The Kier molecular flexibility index (Phi) is 6.30. The van der Waals surface area contributed by atoms with Gasteiger partial charge in [-0.3, -0.25) is 14.4 Å². The van der Waals surface area contributed by atoms with Gasteiger partial charge in [0.2, 0.25) is 17.7 Å². The predicted octanol–water partition coefficient (Wildman–Crippen LogP) is 1.47. The highest BCUT2D eigenvalue weighted by Crippen LogP contribution is 2.67. The highest BCUT2D eigenvalue weighted by atomic mass is 32.2. The van der Waals surface area contributed by atoms with Gasteiger partial charge in [-0.1, -0.05) is 43.7 Å². The predicted molar refractivity (Wildman–Crippen MR) is 119 cm³/mol. The van der Waals surface area contributed by atoms with Gasteiger partial charge in [-0.25, -0.2) is 0 Å². The largest absolute Gasteiger partial charge is 0.394 e. The molecule has 6 atom stereocenters. The molecule has 3 saturated heterocycles. The normalized spacial score (nSPS) is 32.1. The Labute approximate surface area is 187 Å². The molecule has 0 radical (unpaired) electrons. The lowest BCUT2D eigenvalue weighted by Crippen LogP contribution is -2.54. The van der Waals surface area contributed by atoms with Crippen molar-refractivity contribution in [3.05, 3.63) is 35.9 Å². The number of aliphatic hydroxyl groups is 1. The molecule has 3 amide bonds. The van der Waals surface area contributed by atoms with E-state index in [-0.39, 0.29) is 29.6 Å². The smallest absolute Gasteiger partial charge is 0.244 e. The van der Waals surface area contributed by atoms with Crippen molar-refractivity contribution in [2.45, 2.75) is 54.7 Å². The number of rotatable bonds is 8. The number of thioether (sulfide) groups is 1. The van der Waals surface area contributed by atoms with E-state index in [1.165, 1.54) is 0 Å². The van der Waals surface area contributed by atoms with Gasteiger partial charge in [0.15, 0.2) is 0 Å². The standard InChI is InChI=1S/C23H31N3O4S/c1-3-4-12-25-21(29)19-23-11-10-16(31-23)17(20(28)24-2)18(23)22(30)26(19)15(13-27)14-8-6-5-7-9-14/h5-9,15-19,27H,3-4,10-13H2,1-2H3,(H,24,28)(H,25,29)/t15-,16+,17-,18+,19?,23?/m1/s1. The maximum absolute atomic E-state index is 13.9. The molecule has 1 spiro atoms. The summed E-state index contributed by atoms with van der Waals surface area (Å²) >= 11 is 1.64. The van der Waals surface area contributed by atoms with Crippen molar-refractivity contribution >= 4 is 29.5 Å². The highest BCUT2D eigenvalue weighted by Gasteiger charge is 2.74. The summed E-state index contributed by atoms with van der Waals surface area (Å²) in [4.78, 5) is 41.7. The first-order chi connectivity index (χ1) is 15.0. The van der Waals surface area contributed by atoms with E-state index >= 15 is 0 Å². The fraction of sp³-hybridized carbons (Fsp3) is 0.609. The minimum Gasteiger partial charge on any atom is -0.394 e. The average molecular weight is 446 g/mol. The Morgan fingerprint density at radius 2 is 2.03 bits per heavy atom. The van der Waals surface area contributed by atoms with Crippen LogP contribution in [0.1, 0.15) is 44.2 Å². The van der Waals surface area contributed by atoms with E-state index in [0.29, 0.717) is 6.54 Å². The number of carbonyl (C=O) groups is 3. The van der Waals surface area contributed by atoms with Crippen molar-refractivity contribution in [1.82, 2.24) is 15.5 Å². The molecule has 168 valence electrons. The number of hydrogen-bond acceptors (Lipinski definition) is 5. The SMILES string of the molecule is CCCCNC(=O)C1N([C@H](CO)c2ccccc2)C(=O)[C@@H]2[C@H](C(=O)NC)[C@@H]3CCC12S3. The number of likely N-dealkylation sites (tertiary alicyclic amines) is 1. The number of unbranched alkanes of at least 4 members (excludes halogenated alkanes) is 1. The van der Waals surface area contributed by atoms with Crippen molar-refractivity contribution < 1.29 is 19.5 Å². The molecular weight excluding hydrogens is 414 g/mol. The van der Waals surface area contributed by atoms with Crippen LogP contribution in [0.3, 0.4) is 0 Å². The zero-order chi connectivity index (χ0) is 22.2. The van der Waals surface area contributed by atoms with Gasteiger partial charge in [-0.05, 0) is 24.8 Å². The van der Waals surface area contributed by atoms with Crippen LogP contribution in [0.15, 0.2) is 30.3 Å². The Hall–Kier alpha value is -2.06. The van der Waals surface area contributed by atoms with Crippen LogP contribution in [-0.4, -0.2) is 64.0 Å². The lowest BCUT2D eigenvalue weighted by molar-refractivity contribution is -0.142. The molecule has 3 fully saturated rings. The Morgan fingerprint density at radius 3 is 2.68 bits per heavy atom. The molecule has 0 saturated carbocycles. The second-order valence-corrected chi connectivity index (χ2v) is 10.3. The number of carbonyl (C=O) groups excluding carboxylic acids is 3. The summed E-state index contributed by atoms with van der Waals surface area (Å²) in [5.41, 5.74) is 0.789. The molecule has 8 heteroatoms. The first kappa shape index (κ1) is 22.1. The molecule has 31 heavy (non-hydrogen) atoms. The van der Waals surface area contributed by atoms with E-state index < -0.39 is 28.7 Å². The van der Waals surface area contributed by atoms with Gasteiger partial charge in [-0.15, -0.1) is 11.8 Å². The first-order valence-electron chi connectivity index (χ1n) is 11.1. The van der Waals surface area contributed by atoms with Gasteiger partial charge in [0.05, 0.1) is 29.2 Å². The summed E-state index contributed by atoms with van der Waals surface area (Å²) in [5.74, 6) is -1.49. The van der Waals surface area contributed by atoms with Crippen LogP contribution in [0.2, 0.25) is 0 Å². The zero-order valence-electron chi connectivity index (χ0n) is 18.0. The number of aliphatic hydroxyl groups excluding tert-OH is 1. The number of fused-ring (bicyclic) bond motifs is 1.